The molecule has 0 bridgehead atoms. The number of rotatable bonds is 9. The van der Waals surface area contributed by atoms with Crippen LogP contribution < -0.4 is 5.56 Å². The average molecular weight is 545 g/mol. The van der Waals surface area contributed by atoms with E-state index in [-0.39, 0.29) is 17.5 Å². The van der Waals surface area contributed by atoms with Crippen molar-refractivity contribution in [2.75, 3.05) is 13.2 Å². The van der Waals surface area contributed by atoms with Crippen LogP contribution in [0.5, 0.6) is 0 Å². The third-order valence-electron chi connectivity index (χ3n) is 7.23. The fourth-order valence-electron chi connectivity index (χ4n) is 5.30. The number of hydrogen-bond acceptors (Lipinski definition) is 7. The molecule has 5 aromatic rings. The van der Waals surface area contributed by atoms with Crippen LogP contribution in [0, 0.1) is 12.7 Å². The Morgan fingerprint density at radius 3 is 2.85 bits per heavy atom. The lowest BCUT2D eigenvalue weighted by Crippen LogP contribution is -2.39. The van der Waals surface area contributed by atoms with Crippen molar-refractivity contribution in [1.82, 2.24) is 30.1 Å². The molecule has 0 unspecified atom stereocenters. The van der Waals surface area contributed by atoms with E-state index in [2.05, 4.69) is 36.9 Å². The predicted molar refractivity (Wildman–Crippen MR) is 148 cm³/mol. The van der Waals surface area contributed by atoms with Crippen molar-refractivity contribution in [1.29, 1.82) is 0 Å². The van der Waals surface area contributed by atoms with Crippen molar-refractivity contribution in [2.24, 2.45) is 0 Å². The lowest BCUT2D eigenvalue weighted by molar-refractivity contribution is 0.0578. The van der Waals surface area contributed by atoms with Gasteiger partial charge in [0, 0.05) is 30.1 Å². The van der Waals surface area contributed by atoms with Gasteiger partial charge in [-0.1, -0.05) is 36.4 Å². The van der Waals surface area contributed by atoms with Crippen LogP contribution in [-0.4, -0.2) is 49.3 Å². The molecule has 1 aliphatic heterocycles. The summed E-state index contributed by atoms with van der Waals surface area (Å²) in [4.78, 5) is 20.3. The third kappa shape index (κ3) is 5.54. The zero-order valence-corrected chi connectivity index (χ0v) is 22.4. The lowest BCUT2D eigenvalue weighted by atomic mass is 10.0. The lowest BCUT2D eigenvalue weighted by Gasteiger charge is -2.32. The molecule has 0 amide bonds. The van der Waals surface area contributed by atoms with E-state index in [1.54, 1.807) is 28.2 Å². The Bertz CT molecular complexity index is 1610. The van der Waals surface area contributed by atoms with Crippen molar-refractivity contribution in [3.63, 3.8) is 0 Å². The Kier molecular flexibility index (Phi) is 7.32. The first-order chi connectivity index (χ1) is 19.0. The number of tetrazole rings is 1. The third-order valence-corrected chi connectivity index (χ3v) is 8.09. The smallest absolute Gasteiger partial charge is 0.253 e. The summed E-state index contributed by atoms with van der Waals surface area (Å²) in [6.07, 6.45) is 2.03. The molecular formula is C29H29FN6O2S. The molecule has 0 spiro atoms. The highest BCUT2D eigenvalue weighted by atomic mass is 32.1. The number of nitrogens with zero attached hydrogens (tertiary/aromatic N) is 5. The van der Waals surface area contributed by atoms with Crippen molar-refractivity contribution < 1.29 is 9.13 Å². The zero-order chi connectivity index (χ0) is 26.8. The number of para-hydroxylation sites is 1. The van der Waals surface area contributed by atoms with Gasteiger partial charge in [0.05, 0.1) is 18.2 Å². The first-order valence-corrected chi connectivity index (χ1v) is 13.9. The Balaban J connectivity index is 1.49. The maximum atomic E-state index is 13.7. The number of benzene rings is 2. The van der Waals surface area contributed by atoms with Gasteiger partial charge in [0.15, 0.2) is 5.82 Å². The predicted octanol–water partition coefficient (Wildman–Crippen LogP) is 4.84. The maximum Gasteiger partial charge on any atom is 0.253 e. The van der Waals surface area contributed by atoms with Crippen molar-refractivity contribution in [3.8, 4) is 0 Å². The van der Waals surface area contributed by atoms with E-state index in [0.717, 1.165) is 41.5 Å². The topological polar surface area (TPSA) is 88.9 Å². The van der Waals surface area contributed by atoms with Gasteiger partial charge in [-0.15, -0.1) is 16.4 Å². The van der Waals surface area contributed by atoms with Crippen LogP contribution in [0.1, 0.15) is 46.3 Å². The van der Waals surface area contributed by atoms with E-state index in [9.17, 15) is 9.18 Å². The minimum atomic E-state index is -0.541. The number of nitrogens with one attached hydrogen (secondary N) is 1. The first-order valence-electron chi connectivity index (χ1n) is 13.1. The molecule has 6 rings (SSSR count). The molecule has 10 heteroatoms. The summed E-state index contributed by atoms with van der Waals surface area (Å²) in [5.41, 5.74) is 3.07. The number of halogens is 1. The van der Waals surface area contributed by atoms with Crippen LogP contribution in [0.3, 0.4) is 0 Å². The molecule has 4 heterocycles. The second kappa shape index (κ2) is 11.2. The number of thiophene rings is 1. The van der Waals surface area contributed by atoms with Crippen LogP contribution in [0.15, 0.2) is 70.8 Å². The van der Waals surface area contributed by atoms with Crippen LogP contribution in [0.4, 0.5) is 4.39 Å². The molecular weight excluding hydrogens is 515 g/mol. The van der Waals surface area contributed by atoms with Gasteiger partial charge < -0.3 is 9.72 Å². The molecule has 2 atom stereocenters. The van der Waals surface area contributed by atoms with Gasteiger partial charge in [0.25, 0.3) is 5.56 Å². The second-order valence-electron chi connectivity index (χ2n) is 9.96. The zero-order valence-electron chi connectivity index (χ0n) is 21.6. The minimum absolute atomic E-state index is 0.0515. The highest BCUT2D eigenvalue weighted by Gasteiger charge is 2.33. The van der Waals surface area contributed by atoms with Crippen LogP contribution in [-0.2, 0) is 17.8 Å². The number of aryl methyl sites for hydroxylation is 1. The number of aromatic amines is 1. The quantitative estimate of drug-likeness (QED) is 0.286. The Labute approximate surface area is 229 Å². The van der Waals surface area contributed by atoms with Gasteiger partial charge in [-0.3, -0.25) is 9.69 Å². The van der Waals surface area contributed by atoms with Crippen LogP contribution >= 0.6 is 11.3 Å². The van der Waals surface area contributed by atoms with Crippen LogP contribution in [0.2, 0.25) is 0 Å². The molecule has 3 aromatic heterocycles. The summed E-state index contributed by atoms with van der Waals surface area (Å²) < 4.78 is 21.3. The standard InChI is InChI=1S/C29H29FN6O2S/c1-19-5-2-6-21-15-25(29(37)31-26(19)21)27(28-32-33-34-36(28)16-20-9-11-22(30)12-10-20)35(17-23-7-3-13-38-23)18-24-8-4-14-39-24/h2,4-6,8-12,14-15,23,27H,3,7,13,16-18H2,1H3,(H,31,37)/t23-,27-/m0/s1. The second-order valence-corrected chi connectivity index (χ2v) is 11.0. The van der Waals surface area contributed by atoms with Crippen LogP contribution in [0.25, 0.3) is 10.9 Å². The number of hydrogen-bond donors (Lipinski definition) is 1. The molecule has 39 heavy (non-hydrogen) atoms. The molecule has 200 valence electrons. The summed E-state index contributed by atoms with van der Waals surface area (Å²) in [5, 5.41) is 15.8. The molecule has 2 aromatic carbocycles. The van der Waals surface area contributed by atoms with E-state index in [1.807, 2.05) is 37.3 Å². The summed E-state index contributed by atoms with van der Waals surface area (Å²) in [7, 11) is 0. The molecule has 1 saturated heterocycles. The summed E-state index contributed by atoms with van der Waals surface area (Å²) in [6.45, 7) is 4.30. The number of fused-ring (bicyclic) bond motifs is 1. The van der Waals surface area contributed by atoms with Gasteiger partial charge in [-0.05, 0) is 76.4 Å². The molecule has 1 fully saturated rings. The SMILES string of the molecule is Cc1cccc2cc([C@@H](c3nnnn3Cc3ccc(F)cc3)N(Cc3cccs3)C[C@@H]3CCCO3)c(=O)[nH]c12. The van der Waals surface area contributed by atoms with E-state index in [0.29, 0.717) is 31.0 Å². The Hall–Kier alpha value is -3.73. The van der Waals surface area contributed by atoms with E-state index in [4.69, 9.17) is 4.74 Å². The highest BCUT2D eigenvalue weighted by molar-refractivity contribution is 7.09. The van der Waals surface area contributed by atoms with Crippen molar-refractivity contribution in [2.45, 2.75) is 45.0 Å². The van der Waals surface area contributed by atoms with E-state index in [1.165, 1.54) is 17.0 Å². The first kappa shape index (κ1) is 25.5. The fraction of sp³-hybridized carbons (Fsp3) is 0.310. The number of H-pyrrole nitrogens is 1. The molecule has 1 N–H and O–H groups in total. The average Bonchev–Trinajstić information content (AvgIpc) is 3.71. The largest absolute Gasteiger partial charge is 0.377 e. The van der Waals surface area contributed by atoms with Gasteiger partial charge in [-0.2, -0.15) is 0 Å². The minimum Gasteiger partial charge on any atom is -0.377 e. The van der Waals surface area contributed by atoms with Gasteiger partial charge in [-0.25, -0.2) is 9.07 Å². The van der Waals surface area contributed by atoms with Crippen molar-refractivity contribution >= 4 is 22.2 Å². The molecule has 0 radical (unpaired) electrons. The monoisotopic (exact) mass is 544 g/mol. The number of ether oxygens (including phenoxy) is 1. The number of pyridine rings is 1. The normalized spacial score (nSPS) is 16.3. The van der Waals surface area contributed by atoms with E-state index >= 15 is 0 Å². The number of aromatic nitrogens is 5. The summed E-state index contributed by atoms with van der Waals surface area (Å²) in [6, 6.07) is 17.8. The highest BCUT2D eigenvalue weighted by Crippen LogP contribution is 2.31. The van der Waals surface area contributed by atoms with Gasteiger partial charge >= 0.3 is 0 Å². The van der Waals surface area contributed by atoms with E-state index < -0.39 is 6.04 Å². The van der Waals surface area contributed by atoms with Gasteiger partial charge in [0.2, 0.25) is 0 Å². The Morgan fingerprint density at radius 1 is 1.21 bits per heavy atom. The summed E-state index contributed by atoms with van der Waals surface area (Å²) >= 11 is 1.67. The molecule has 1 aliphatic rings. The molecule has 0 aliphatic carbocycles. The summed E-state index contributed by atoms with van der Waals surface area (Å²) in [5.74, 6) is 0.247. The maximum absolute atomic E-state index is 13.7. The van der Waals surface area contributed by atoms with Gasteiger partial charge in [0.1, 0.15) is 11.9 Å². The molecule has 0 saturated carbocycles. The Morgan fingerprint density at radius 2 is 2.08 bits per heavy atom. The fourth-order valence-corrected chi connectivity index (χ4v) is 6.03. The molecule has 8 nitrogen and oxygen atoms in total. The van der Waals surface area contributed by atoms with Crippen molar-refractivity contribution in [3.05, 3.63) is 110 Å².